The number of amides is 1. The van der Waals surface area contributed by atoms with Crippen LogP contribution in [0.5, 0.6) is 5.75 Å². The monoisotopic (exact) mass is 462 g/mol. The maximum Gasteiger partial charge on any atom is 0.264 e. The van der Waals surface area contributed by atoms with E-state index >= 15 is 0 Å². The zero-order chi connectivity index (χ0) is 23.8. The second-order valence-corrected chi connectivity index (χ2v) is 10.6. The molecule has 0 aliphatic carbocycles. The molecule has 0 aliphatic heterocycles. The minimum Gasteiger partial charge on any atom is -0.497 e. The fourth-order valence-electron chi connectivity index (χ4n) is 3.34. The van der Waals surface area contributed by atoms with Crippen molar-refractivity contribution in [2.24, 2.45) is 0 Å². The van der Waals surface area contributed by atoms with Crippen molar-refractivity contribution in [1.29, 1.82) is 0 Å². The van der Waals surface area contributed by atoms with E-state index < -0.39 is 15.9 Å². The summed E-state index contributed by atoms with van der Waals surface area (Å²) in [5.41, 5.74) is 3.20. The lowest BCUT2D eigenvalue weighted by molar-refractivity contribution is -0.129. The Hall–Kier alpha value is -2.58. The number of carbonyl (C=O) groups excluding carboxylic acids is 1. The molecule has 7 nitrogen and oxygen atoms in total. The topological polar surface area (TPSA) is 95.9 Å². The summed E-state index contributed by atoms with van der Waals surface area (Å²) in [7, 11) is -2.18. The molecule has 0 aromatic heterocycles. The first-order valence-corrected chi connectivity index (χ1v) is 12.2. The number of benzene rings is 2. The molecular weight excluding hydrogens is 428 g/mol. The molecule has 0 unspecified atom stereocenters. The number of hydroxylamine groups is 1. The van der Waals surface area contributed by atoms with Gasteiger partial charge in [-0.05, 0) is 60.2 Å². The summed E-state index contributed by atoms with van der Waals surface area (Å²) in [6.07, 6.45) is 3.06. The van der Waals surface area contributed by atoms with Gasteiger partial charge in [-0.1, -0.05) is 45.7 Å². The number of nitrogens with zero attached hydrogens (tertiary/aromatic N) is 1. The molecule has 1 amide bonds. The highest BCUT2D eigenvalue weighted by atomic mass is 32.2. The lowest BCUT2D eigenvalue weighted by Crippen LogP contribution is -2.32. The van der Waals surface area contributed by atoms with Crippen LogP contribution in [-0.4, -0.2) is 33.2 Å². The Morgan fingerprint density at radius 3 is 2.09 bits per heavy atom. The summed E-state index contributed by atoms with van der Waals surface area (Å²) in [5.74, 6) is 0.244. The summed E-state index contributed by atoms with van der Waals surface area (Å²) in [6.45, 7) is 6.58. The van der Waals surface area contributed by atoms with Crippen molar-refractivity contribution in [3.63, 3.8) is 0 Å². The van der Waals surface area contributed by atoms with Crippen molar-refractivity contribution in [1.82, 2.24) is 5.48 Å². The number of sulfonamides is 1. The van der Waals surface area contributed by atoms with Crippen LogP contribution >= 0.6 is 0 Å². The summed E-state index contributed by atoms with van der Waals surface area (Å²) >= 11 is 0. The standard InChI is InChI=1S/C24H34N2O5S/c1-24(2,3)19-10-16-22(17-11-19)32(29,30)26(20-12-14-21(31-4)15-13-20)18-8-6-5-7-9-23(27)25-28/h10-17,28H,5-9,18H2,1-4H3,(H,25,27). The van der Waals surface area contributed by atoms with Gasteiger partial charge in [0.05, 0.1) is 17.7 Å². The lowest BCUT2D eigenvalue weighted by atomic mass is 9.87. The van der Waals surface area contributed by atoms with E-state index in [1.807, 2.05) is 12.1 Å². The molecule has 0 spiro atoms. The fourth-order valence-corrected chi connectivity index (χ4v) is 4.84. The van der Waals surface area contributed by atoms with Gasteiger partial charge in [0.2, 0.25) is 5.91 Å². The minimum atomic E-state index is -3.75. The third kappa shape index (κ3) is 6.97. The number of hydrogen-bond donors (Lipinski definition) is 2. The summed E-state index contributed by atoms with van der Waals surface area (Å²) in [4.78, 5) is 11.4. The summed E-state index contributed by atoms with van der Waals surface area (Å²) in [6, 6.07) is 14.0. The van der Waals surface area contributed by atoms with Gasteiger partial charge < -0.3 is 4.74 Å². The molecule has 8 heteroatoms. The second kappa shape index (κ2) is 11.3. The molecule has 2 aromatic rings. The van der Waals surface area contributed by atoms with Gasteiger partial charge in [0, 0.05) is 13.0 Å². The fraction of sp³-hybridized carbons (Fsp3) is 0.458. The van der Waals surface area contributed by atoms with Crippen LogP contribution in [0.1, 0.15) is 58.4 Å². The SMILES string of the molecule is COc1ccc(N(CCCCCCC(=O)NO)S(=O)(=O)c2ccc(C(C)(C)C)cc2)cc1. The van der Waals surface area contributed by atoms with Crippen molar-refractivity contribution >= 4 is 21.6 Å². The van der Waals surface area contributed by atoms with E-state index in [1.165, 1.54) is 4.31 Å². The smallest absolute Gasteiger partial charge is 0.264 e. The molecule has 32 heavy (non-hydrogen) atoms. The van der Waals surface area contributed by atoms with E-state index in [9.17, 15) is 13.2 Å². The molecule has 0 saturated carbocycles. The Balaban J connectivity index is 2.19. The molecule has 2 N–H and O–H groups in total. The van der Waals surface area contributed by atoms with E-state index in [0.717, 1.165) is 18.4 Å². The molecule has 0 radical (unpaired) electrons. The lowest BCUT2D eigenvalue weighted by Gasteiger charge is -2.25. The maximum atomic E-state index is 13.5. The zero-order valence-corrected chi connectivity index (χ0v) is 20.1. The maximum absolute atomic E-state index is 13.5. The Labute approximate surface area is 191 Å². The van der Waals surface area contributed by atoms with Crippen LogP contribution in [0.3, 0.4) is 0 Å². The van der Waals surface area contributed by atoms with Crippen LogP contribution < -0.4 is 14.5 Å². The van der Waals surface area contributed by atoms with Gasteiger partial charge in [0.25, 0.3) is 10.0 Å². The van der Waals surface area contributed by atoms with E-state index in [4.69, 9.17) is 9.94 Å². The average Bonchev–Trinajstić information content (AvgIpc) is 2.77. The number of nitrogens with one attached hydrogen (secondary N) is 1. The van der Waals surface area contributed by atoms with Crippen LogP contribution in [0.15, 0.2) is 53.4 Å². The van der Waals surface area contributed by atoms with Gasteiger partial charge in [-0.2, -0.15) is 0 Å². The quantitative estimate of drug-likeness (QED) is 0.288. The number of rotatable bonds is 11. The molecule has 0 bridgehead atoms. The molecule has 0 aliphatic rings. The number of anilines is 1. The average molecular weight is 463 g/mol. The third-order valence-corrected chi connectivity index (χ3v) is 7.15. The number of hydrogen-bond acceptors (Lipinski definition) is 5. The molecule has 0 heterocycles. The van der Waals surface area contributed by atoms with Gasteiger partial charge in [0.1, 0.15) is 5.75 Å². The van der Waals surface area contributed by atoms with Crippen LogP contribution in [0.2, 0.25) is 0 Å². The van der Waals surface area contributed by atoms with Crippen molar-refractivity contribution in [3.8, 4) is 5.75 Å². The Morgan fingerprint density at radius 1 is 0.969 bits per heavy atom. The first-order chi connectivity index (χ1) is 15.1. The van der Waals surface area contributed by atoms with Crippen molar-refractivity contribution in [3.05, 3.63) is 54.1 Å². The molecule has 2 rings (SSSR count). The largest absolute Gasteiger partial charge is 0.497 e. The predicted octanol–water partition coefficient (Wildman–Crippen LogP) is 4.64. The van der Waals surface area contributed by atoms with Crippen LogP contribution in [0.4, 0.5) is 5.69 Å². The Morgan fingerprint density at radius 2 is 1.56 bits per heavy atom. The first-order valence-electron chi connectivity index (χ1n) is 10.8. The van der Waals surface area contributed by atoms with E-state index in [1.54, 1.807) is 49.0 Å². The summed E-state index contributed by atoms with van der Waals surface area (Å²) < 4.78 is 33.6. The highest BCUT2D eigenvalue weighted by Crippen LogP contribution is 2.28. The van der Waals surface area contributed by atoms with Gasteiger partial charge in [-0.3, -0.25) is 14.3 Å². The van der Waals surface area contributed by atoms with Crippen LogP contribution in [-0.2, 0) is 20.2 Å². The first kappa shape index (κ1) is 25.7. The van der Waals surface area contributed by atoms with Crippen molar-refractivity contribution < 1.29 is 23.2 Å². The second-order valence-electron chi connectivity index (χ2n) is 8.75. The van der Waals surface area contributed by atoms with E-state index in [0.29, 0.717) is 30.8 Å². The number of ether oxygens (including phenoxy) is 1. The molecule has 0 saturated heterocycles. The molecule has 0 fully saturated rings. The van der Waals surface area contributed by atoms with Gasteiger partial charge in [-0.25, -0.2) is 13.9 Å². The molecule has 0 atom stereocenters. The number of methoxy groups -OCH3 is 1. The third-order valence-electron chi connectivity index (χ3n) is 5.31. The summed E-state index contributed by atoms with van der Waals surface area (Å²) in [5, 5.41) is 8.55. The number of unbranched alkanes of at least 4 members (excludes halogenated alkanes) is 3. The molecular formula is C24H34N2O5S. The van der Waals surface area contributed by atoms with Crippen molar-refractivity contribution in [2.45, 2.75) is 63.2 Å². The predicted molar refractivity (Wildman–Crippen MR) is 126 cm³/mol. The highest BCUT2D eigenvalue weighted by molar-refractivity contribution is 7.92. The highest BCUT2D eigenvalue weighted by Gasteiger charge is 2.25. The molecule has 2 aromatic carbocycles. The van der Waals surface area contributed by atoms with Gasteiger partial charge in [0.15, 0.2) is 0 Å². The van der Waals surface area contributed by atoms with Crippen molar-refractivity contribution in [2.75, 3.05) is 18.0 Å². The zero-order valence-electron chi connectivity index (χ0n) is 19.3. The molecule has 176 valence electrons. The van der Waals surface area contributed by atoms with Gasteiger partial charge in [-0.15, -0.1) is 0 Å². The van der Waals surface area contributed by atoms with E-state index in [-0.39, 0.29) is 16.7 Å². The normalized spacial score (nSPS) is 11.8. The Kier molecular flexibility index (Phi) is 9.09. The number of carbonyl (C=O) groups is 1. The minimum absolute atomic E-state index is 0.0646. The van der Waals surface area contributed by atoms with E-state index in [2.05, 4.69) is 20.8 Å². The van der Waals surface area contributed by atoms with Crippen LogP contribution in [0, 0.1) is 0 Å². The van der Waals surface area contributed by atoms with Crippen LogP contribution in [0.25, 0.3) is 0 Å². The van der Waals surface area contributed by atoms with Gasteiger partial charge >= 0.3 is 0 Å². The Bertz CT molecular complexity index is 965.